The molecule has 1 fully saturated rings. The van der Waals surface area contributed by atoms with Crippen molar-refractivity contribution < 1.29 is 8.81 Å². The van der Waals surface area contributed by atoms with Gasteiger partial charge in [-0.1, -0.05) is 0 Å². The zero-order chi connectivity index (χ0) is 16.4. The Labute approximate surface area is 139 Å². The van der Waals surface area contributed by atoms with Crippen molar-refractivity contribution in [2.45, 2.75) is 32.0 Å². The number of rotatable bonds is 5. The molecule has 3 aromatic rings. The molecule has 0 radical (unpaired) electrons. The van der Waals surface area contributed by atoms with Crippen LogP contribution < -0.4 is 0 Å². The van der Waals surface area contributed by atoms with Crippen LogP contribution >= 0.6 is 0 Å². The van der Waals surface area contributed by atoms with Gasteiger partial charge in [-0.2, -0.15) is 5.10 Å². The number of halogens is 1. The smallest absolute Gasteiger partial charge is 0.226 e. The van der Waals surface area contributed by atoms with Gasteiger partial charge >= 0.3 is 0 Å². The van der Waals surface area contributed by atoms with E-state index in [1.165, 1.54) is 25.0 Å². The number of benzene rings is 1. The first-order chi connectivity index (χ1) is 11.8. The lowest BCUT2D eigenvalue weighted by Crippen LogP contribution is -2.32. The molecule has 0 saturated carbocycles. The van der Waals surface area contributed by atoms with Gasteiger partial charge in [-0.25, -0.2) is 9.37 Å². The van der Waals surface area contributed by atoms with Gasteiger partial charge in [0.25, 0.3) is 0 Å². The van der Waals surface area contributed by atoms with Crippen LogP contribution in [0.25, 0.3) is 11.5 Å². The van der Waals surface area contributed by atoms with Crippen molar-refractivity contribution >= 4 is 0 Å². The molecule has 0 N–H and O–H groups in total. The lowest BCUT2D eigenvalue weighted by atomic mass is 10.2. The second-order valence-corrected chi connectivity index (χ2v) is 6.15. The van der Waals surface area contributed by atoms with Crippen LogP contribution in [0.5, 0.6) is 0 Å². The normalized spacial score (nSPS) is 18.3. The van der Waals surface area contributed by atoms with Gasteiger partial charge in [0.1, 0.15) is 12.1 Å². The third kappa shape index (κ3) is 3.23. The maximum atomic E-state index is 13.0. The molecule has 3 heterocycles. The molecule has 0 aliphatic carbocycles. The zero-order valence-electron chi connectivity index (χ0n) is 13.3. The van der Waals surface area contributed by atoms with Crippen LogP contribution in [0.1, 0.15) is 18.5 Å². The fraction of sp³-hybridized carbons (Fsp3) is 0.333. The Balaban J connectivity index is 1.44. The number of oxazole rings is 1. The summed E-state index contributed by atoms with van der Waals surface area (Å²) >= 11 is 0. The van der Waals surface area contributed by atoms with Crippen molar-refractivity contribution in [2.75, 3.05) is 6.54 Å². The van der Waals surface area contributed by atoms with Gasteiger partial charge in [0, 0.05) is 30.5 Å². The number of likely N-dealkylation sites (tertiary alicyclic amines) is 1. The molecule has 0 amide bonds. The Morgan fingerprint density at radius 3 is 2.92 bits per heavy atom. The van der Waals surface area contributed by atoms with Gasteiger partial charge in [0.2, 0.25) is 5.89 Å². The van der Waals surface area contributed by atoms with E-state index in [9.17, 15) is 4.39 Å². The topological polar surface area (TPSA) is 47.1 Å². The minimum Gasteiger partial charge on any atom is -0.444 e. The lowest BCUT2D eigenvalue weighted by Gasteiger charge is -2.23. The average molecular weight is 326 g/mol. The predicted molar refractivity (Wildman–Crippen MR) is 87.6 cm³/mol. The fourth-order valence-corrected chi connectivity index (χ4v) is 3.25. The number of hydrogen-bond acceptors (Lipinski definition) is 4. The second kappa shape index (κ2) is 6.57. The highest BCUT2D eigenvalue weighted by atomic mass is 19.1. The van der Waals surface area contributed by atoms with Crippen LogP contribution in [0.2, 0.25) is 0 Å². The van der Waals surface area contributed by atoms with Crippen LogP contribution in [-0.2, 0) is 13.1 Å². The molecule has 4 rings (SSSR count). The fourth-order valence-electron chi connectivity index (χ4n) is 3.25. The van der Waals surface area contributed by atoms with E-state index >= 15 is 0 Å². The molecular weight excluding hydrogens is 307 g/mol. The van der Waals surface area contributed by atoms with Gasteiger partial charge in [-0.3, -0.25) is 9.58 Å². The summed E-state index contributed by atoms with van der Waals surface area (Å²) in [5.74, 6) is 0.275. The number of aromatic nitrogens is 3. The van der Waals surface area contributed by atoms with Crippen LogP contribution in [0.3, 0.4) is 0 Å². The first-order valence-corrected chi connectivity index (χ1v) is 8.20. The summed E-state index contributed by atoms with van der Waals surface area (Å²) in [5.41, 5.74) is 1.69. The molecule has 1 aliphatic rings. The molecule has 1 aromatic carbocycles. The first-order valence-electron chi connectivity index (χ1n) is 8.20. The highest BCUT2D eigenvalue weighted by Crippen LogP contribution is 2.23. The Bertz CT molecular complexity index is 782. The van der Waals surface area contributed by atoms with E-state index in [0.29, 0.717) is 11.9 Å². The summed E-state index contributed by atoms with van der Waals surface area (Å²) in [6.45, 7) is 2.72. The van der Waals surface area contributed by atoms with Crippen LogP contribution in [0, 0.1) is 5.82 Å². The van der Waals surface area contributed by atoms with Gasteiger partial charge < -0.3 is 4.42 Å². The molecule has 1 saturated heterocycles. The summed E-state index contributed by atoms with van der Waals surface area (Å²) in [6, 6.07) is 8.62. The van der Waals surface area contributed by atoms with Gasteiger partial charge in [0.05, 0.1) is 12.2 Å². The zero-order valence-corrected chi connectivity index (χ0v) is 13.3. The lowest BCUT2D eigenvalue weighted by molar-refractivity contribution is 0.217. The van der Waals surface area contributed by atoms with E-state index in [1.54, 1.807) is 18.4 Å². The van der Waals surface area contributed by atoms with Crippen molar-refractivity contribution in [1.29, 1.82) is 0 Å². The monoisotopic (exact) mass is 326 g/mol. The number of nitrogens with zero attached hydrogens (tertiary/aromatic N) is 4. The van der Waals surface area contributed by atoms with Crippen molar-refractivity contribution in [3.8, 4) is 11.5 Å². The van der Waals surface area contributed by atoms with E-state index < -0.39 is 0 Å². The van der Waals surface area contributed by atoms with Crippen LogP contribution in [-0.4, -0.2) is 32.3 Å². The Morgan fingerprint density at radius 2 is 2.12 bits per heavy atom. The molecule has 1 atom stereocenters. The van der Waals surface area contributed by atoms with E-state index in [1.807, 2.05) is 23.1 Å². The quantitative estimate of drug-likeness (QED) is 0.721. The first kappa shape index (κ1) is 15.1. The summed E-state index contributed by atoms with van der Waals surface area (Å²) in [5, 5.41) is 4.30. The molecule has 1 aliphatic heterocycles. The van der Waals surface area contributed by atoms with Crippen molar-refractivity contribution in [3.05, 3.63) is 60.5 Å². The average Bonchev–Trinajstić information content (AvgIpc) is 3.32. The molecule has 24 heavy (non-hydrogen) atoms. The van der Waals surface area contributed by atoms with Gasteiger partial charge in [0.15, 0.2) is 0 Å². The Morgan fingerprint density at radius 1 is 1.25 bits per heavy atom. The van der Waals surface area contributed by atoms with E-state index in [4.69, 9.17) is 4.42 Å². The summed E-state index contributed by atoms with van der Waals surface area (Å²) < 4.78 is 20.6. The van der Waals surface area contributed by atoms with Crippen LogP contribution in [0.4, 0.5) is 4.39 Å². The minimum atomic E-state index is -0.260. The largest absolute Gasteiger partial charge is 0.444 e. The number of hydrogen-bond donors (Lipinski definition) is 0. The molecular formula is C18H19FN4O. The SMILES string of the molecule is Fc1ccc(-c2nc(CN3CCCC3Cn3cccn3)co2)cc1. The van der Waals surface area contributed by atoms with Crippen molar-refractivity contribution in [1.82, 2.24) is 19.7 Å². The molecule has 5 nitrogen and oxygen atoms in total. The third-order valence-corrected chi connectivity index (χ3v) is 4.46. The van der Waals surface area contributed by atoms with E-state index in [-0.39, 0.29) is 5.82 Å². The van der Waals surface area contributed by atoms with Crippen molar-refractivity contribution in [3.63, 3.8) is 0 Å². The standard InChI is InChI=1S/C18H19FN4O/c19-15-6-4-14(5-7-15)18-21-16(13-24-18)11-22-9-1-3-17(22)12-23-10-2-8-20-23/h2,4-8,10,13,17H,1,3,9,11-12H2. The predicted octanol–water partition coefficient (Wildman–Crippen LogP) is 3.34. The summed E-state index contributed by atoms with van der Waals surface area (Å²) in [7, 11) is 0. The molecule has 6 heteroatoms. The maximum absolute atomic E-state index is 13.0. The second-order valence-electron chi connectivity index (χ2n) is 6.15. The molecule has 0 spiro atoms. The third-order valence-electron chi connectivity index (χ3n) is 4.46. The summed E-state index contributed by atoms with van der Waals surface area (Å²) in [4.78, 5) is 6.98. The van der Waals surface area contributed by atoms with Gasteiger partial charge in [-0.05, 0) is 49.7 Å². The minimum absolute atomic E-state index is 0.260. The van der Waals surface area contributed by atoms with E-state index in [0.717, 1.165) is 30.9 Å². The Kier molecular flexibility index (Phi) is 4.13. The van der Waals surface area contributed by atoms with E-state index in [2.05, 4.69) is 15.0 Å². The highest BCUT2D eigenvalue weighted by molar-refractivity contribution is 5.52. The highest BCUT2D eigenvalue weighted by Gasteiger charge is 2.26. The summed E-state index contributed by atoms with van der Waals surface area (Å²) in [6.07, 6.45) is 7.87. The molecule has 0 bridgehead atoms. The van der Waals surface area contributed by atoms with Gasteiger partial charge in [-0.15, -0.1) is 0 Å². The molecule has 1 unspecified atom stereocenters. The molecule has 124 valence electrons. The van der Waals surface area contributed by atoms with Crippen LogP contribution in [0.15, 0.2) is 53.4 Å². The maximum Gasteiger partial charge on any atom is 0.226 e. The Hall–Kier alpha value is -2.47. The van der Waals surface area contributed by atoms with Crippen molar-refractivity contribution in [2.24, 2.45) is 0 Å². The molecule has 2 aromatic heterocycles.